The van der Waals surface area contributed by atoms with Crippen molar-refractivity contribution in [1.82, 2.24) is 4.90 Å². The molecule has 3 fully saturated rings. The number of hydrogen-bond donors (Lipinski definition) is 0. The van der Waals surface area contributed by atoms with Crippen LogP contribution >= 0.6 is 0 Å². The third-order valence-corrected chi connectivity index (χ3v) is 4.79. The maximum Gasteiger partial charge on any atom is 0.410 e. The van der Waals surface area contributed by atoms with Gasteiger partial charge in [0, 0.05) is 13.0 Å². The second kappa shape index (κ2) is 4.94. The Morgan fingerprint density at radius 2 is 1.84 bits per heavy atom. The molecule has 3 aliphatic rings. The van der Waals surface area contributed by atoms with Gasteiger partial charge in [-0.1, -0.05) is 6.42 Å². The molecule has 0 N–H and O–H groups in total. The molecule has 1 atom stereocenters. The van der Waals surface area contributed by atoms with E-state index in [-0.39, 0.29) is 11.6 Å². The van der Waals surface area contributed by atoms with E-state index in [4.69, 9.17) is 14.2 Å². The average molecular weight is 269 g/mol. The van der Waals surface area contributed by atoms with E-state index in [1.54, 1.807) is 0 Å². The molecule has 2 aliphatic heterocycles. The van der Waals surface area contributed by atoms with Crippen LogP contribution < -0.4 is 0 Å². The predicted molar refractivity (Wildman–Crippen MR) is 68.8 cm³/mol. The quantitative estimate of drug-likeness (QED) is 0.733. The van der Waals surface area contributed by atoms with Gasteiger partial charge in [0.1, 0.15) is 5.54 Å². The van der Waals surface area contributed by atoms with Crippen molar-refractivity contribution in [2.45, 2.75) is 56.8 Å². The van der Waals surface area contributed by atoms with Crippen LogP contribution in [0.5, 0.6) is 0 Å². The van der Waals surface area contributed by atoms with Gasteiger partial charge in [-0.2, -0.15) is 0 Å². The highest BCUT2D eigenvalue weighted by Crippen LogP contribution is 2.52. The van der Waals surface area contributed by atoms with Gasteiger partial charge >= 0.3 is 6.09 Å². The van der Waals surface area contributed by atoms with E-state index in [2.05, 4.69) is 0 Å². The van der Waals surface area contributed by atoms with Crippen molar-refractivity contribution in [2.75, 3.05) is 26.4 Å². The summed E-state index contributed by atoms with van der Waals surface area (Å²) in [7, 11) is 0. The smallest absolute Gasteiger partial charge is 0.410 e. The van der Waals surface area contributed by atoms with E-state index < -0.39 is 5.79 Å². The summed E-state index contributed by atoms with van der Waals surface area (Å²) in [5, 5.41) is 0. The first kappa shape index (κ1) is 13.2. The normalized spacial score (nSPS) is 33.2. The van der Waals surface area contributed by atoms with Crippen molar-refractivity contribution in [1.29, 1.82) is 0 Å². The van der Waals surface area contributed by atoms with Crippen LogP contribution in [0.15, 0.2) is 0 Å². The molecule has 0 unspecified atom stereocenters. The van der Waals surface area contributed by atoms with E-state index in [1.807, 2.05) is 11.8 Å². The van der Waals surface area contributed by atoms with Gasteiger partial charge in [-0.3, -0.25) is 4.90 Å². The lowest BCUT2D eigenvalue weighted by Crippen LogP contribution is -2.65. The fraction of sp³-hybridized carbons (Fsp3) is 0.929. The summed E-state index contributed by atoms with van der Waals surface area (Å²) in [6.45, 7) is 4.30. The summed E-state index contributed by atoms with van der Waals surface area (Å²) in [5.41, 5.74) is -0.298. The average Bonchev–Trinajstić information content (AvgIpc) is 3.02. The van der Waals surface area contributed by atoms with Gasteiger partial charge in [0.15, 0.2) is 5.79 Å². The molecule has 0 aromatic heterocycles. The lowest BCUT2D eigenvalue weighted by molar-refractivity contribution is -0.248. The lowest BCUT2D eigenvalue weighted by Gasteiger charge is -2.51. The number of carbonyl (C=O) groups excluding carboxylic acids is 1. The molecule has 2 saturated heterocycles. The number of hydrogen-bond acceptors (Lipinski definition) is 4. The van der Waals surface area contributed by atoms with Crippen LogP contribution in [0.3, 0.4) is 0 Å². The van der Waals surface area contributed by atoms with Crippen molar-refractivity contribution in [3.05, 3.63) is 0 Å². The van der Waals surface area contributed by atoms with Crippen LogP contribution in [0.2, 0.25) is 0 Å². The summed E-state index contributed by atoms with van der Waals surface area (Å²) >= 11 is 0. The molecule has 2 spiro atoms. The number of fused-ring (bicyclic) bond motifs is 1. The van der Waals surface area contributed by atoms with Crippen LogP contribution in [0.1, 0.15) is 45.4 Å². The highest BCUT2D eigenvalue weighted by Gasteiger charge is 2.63. The Labute approximate surface area is 114 Å². The monoisotopic (exact) mass is 269 g/mol. The molecule has 0 aromatic rings. The highest BCUT2D eigenvalue weighted by atomic mass is 16.7. The molecule has 108 valence electrons. The third kappa shape index (κ3) is 1.86. The number of likely N-dealkylation sites (tertiary alicyclic amines) is 1. The zero-order chi connectivity index (χ0) is 13.3. The molecule has 3 rings (SSSR count). The fourth-order valence-electron chi connectivity index (χ4n) is 4.07. The van der Waals surface area contributed by atoms with Crippen LogP contribution in [-0.2, 0) is 14.2 Å². The Kier molecular flexibility index (Phi) is 3.43. The Balaban J connectivity index is 1.91. The van der Waals surface area contributed by atoms with E-state index in [0.717, 1.165) is 45.1 Å². The second-order valence-corrected chi connectivity index (χ2v) is 5.64. The molecule has 0 radical (unpaired) electrons. The van der Waals surface area contributed by atoms with Crippen molar-refractivity contribution in [2.24, 2.45) is 0 Å². The second-order valence-electron chi connectivity index (χ2n) is 5.64. The standard InChI is InChI=1S/C14H23NO4/c1-2-17-12(16)15-9-5-7-13(15)6-3-4-8-14(13)18-10-11-19-14/h2-11H2,1H3/t13-/m1/s1. The van der Waals surface area contributed by atoms with Gasteiger partial charge in [-0.25, -0.2) is 4.79 Å². The third-order valence-electron chi connectivity index (χ3n) is 4.79. The number of ether oxygens (including phenoxy) is 3. The predicted octanol–water partition coefficient (Wildman–Crippen LogP) is 2.29. The molecule has 5 heteroatoms. The van der Waals surface area contributed by atoms with E-state index >= 15 is 0 Å². The van der Waals surface area contributed by atoms with Crippen molar-refractivity contribution >= 4 is 6.09 Å². The highest BCUT2D eigenvalue weighted by molar-refractivity contribution is 5.69. The molecular weight excluding hydrogens is 246 g/mol. The largest absolute Gasteiger partial charge is 0.450 e. The summed E-state index contributed by atoms with van der Waals surface area (Å²) in [4.78, 5) is 14.1. The molecular formula is C14H23NO4. The number of carbonyl (C=O) groups is 1. The van der Waals surface area contributed by atoms with Gasteiger partial charge < -0.3 is 14.2 Å². The van der Waals surface area contributed by atoms with Crippen LogP contribution in [0.4, 0.5) is 4.79 Å². The molecule has 1 amide bonds. The summed E-state index contributed by atoms with van der Waals surface area (Å²) in [6, 6.07) is 0. The topological polar surface area (TPSA) is 48.0 Å². The number of amides is 1. The van der Waals surface area contributed by atoms with Gasteiger partial charge in [0.25, 0.3) is 0 Å². The number of rotatable bonds is 1. The minimum absolute atomic E-state index is 0.208. The van der Waals surface area contributed by atoms with E-state index in [9.17, 15) is 4.79 Å². The van der Waals surface area contributed by atoms with Crippen molar-refractivity contribution in [3.8, 4) is 0 Å². The van der Waals surface area contributed by atoms with Crippen LogP contribution in [0.25, 0.3) is 0 Å². The van der Waals surface area contributed by atoms with Gasteiger partial charge in [-0.05, 0) is 32.6 Å². The van der Waals surface area contributed by atoms with Gasteiger partial charge in [0.05, 0.1) is 19.8 Å². The molecule has 2 heterocycles. The molecule has 0 aromatic carbocycles. The maximum atomic E-state index is 12.3. The van der Waals surface area contributed by atoms with Gasteiger partial charge in [-0.15, -0.1) is 0 Å². The lowest BCUT2D eigenvalue weighted by atomic mass is 9.74. The van der Waals surface area contributed by atoms with E-state index in [0.29, 0.717) is 19.8 Å². The first-order valence-corrected chi connectivity index (χ1v) is 7.46. The Bertz CT molecular complexity index is 353. The summed E-state index contributed by atoms with van der Waals surface area (Å²) in [6.07, 6.45) is 5.86. The minimum atomic E-state index is -0.575. The van der Waals surface area contributed by atoms with Crippen molar-refractivity contribution < 1.29 is 19.0 Å². The molecule has 19 heavy (non-hydrogen) atoms. The molecule has 1 aliphatic carbocycles. The number of nitrogens with zero attached hydrogens (tertiary/aromatic N) is 1. The zero-order valence-corrected chi connectivity index (χ0v) is 11.7. The first-order valence-electron chi connectivity index (χ1n) is 7.46. The van der Waals surface area contributed by atoms with E-state index in [1.165, 1.54) is 0 Å². The molecule has 0 bridgehead atoms. The minimum Gasteiger partial charge on any atom is -0.450 e. The molecule has 1 saturated carbocycles. The fourth-order valence-corrected chi connectivity index (χ4v) is 4.07. The molecule has 5 nitrogen and oxygen atoms in total. The van der Waals surface area contributed by atoms with Crippen molar-refractivity contribution in [3.63, 3.8) is 0 Å². The zero-order valence-electron chi connectivity index (χ0n) is 11.7. The van der Waals surface area contributed by atoms with Gasteiger partial charge in [0.2, 0.25) is 0 Å². The Morgan fingerprint density at radius 1 is 1.16 bits per heavy atom. The SMILES string of the molecule is CCOC(=O)N1CCC[C@@]12CCCCC21OCCO1. The summed E-state index contributed by atoms with van der Waals surface area (Å²) < 4.78 is 17.2. The Morgan fingerprint density at radius 3 is 2.58 bits per heavy atom. The first-order chi connectivity index (χ1) is 9.24. The Hall–Kier alpha value is -0.810. The maximum absolute atomic E-state index is 12.3. The van der Waals surface area contributed by atoms with Crippen LogP contribution in [0, 0.1) is 0 Å². The summed E-state index contributed by atoms with van der Waals surface area (Å²) in [5.74, 6) is -0.575. The van der Waals surface area contributed by atoms with Crippen LogP contribution in [-0.4, -0.2) is 48.7 Å².